The normalized spacial score (nSPS) is 20.2. The lowest BCUT2D eigenvalue weighted by Crippen LogP contribution is -2.49. The predicted octanol–water partition coefficient (Wildman–Crippen LogP) is 2.37. The minimum atomic E-state index is -0.0284. The molecule has 3 heteroatoms. The fraction of sp³-hybridized carbons (Fsp3) is 0.357. The minimum absolute atomic E-state index is 0.0284. The fourth-order valence-corrected chi connectivity index (χ4v) is 2.02. The van der Waals surface area contributed by atoms with E-state index in [0.29, 0.717) is 11.6 Å². The van der Waals surface area contributed by atoms with Gasteiger partial charge in [0.15, 0.2) is 0 Å². The Labute approximate surface area is 102 Å². The number of carbonyl (C=O) groups is 1. The molecule has 17 heavy (non-hydrogen) atoms. The lowest BCUT2D eigenvalue weighted by molar-refractivity contribution is 0.0721. The van der Waals surface area contributed by atoms with E-state index in [2.05, 4.69) is 24.5 Å². The van der Waals surface area contributed by atoms with Crippen molar-refractivity contribution in [1.82, 2.24) is 10.4 Å². The molecule has 1 aliphatic heterocycles. The lowest BCUT2D eigenvalue weighted by Gasteiger charge is -2.31. The van der Waals surface area contributed by atoms with Crippen molar-refractivity contribution in [3.05, 3.63) is 48.0 Å². The summed E-state index contributed by atoms with van der Waals surface area (Å²) in [7, 11) is 0. The predicted molar refractivity (Wildman–Crippen MR) is 68.5 cm³/mol. The second-order valence-electron chi connectivity index (χ2n) is 4.19. The maximum Gasteiger partial charge on any atom is 0.265 e. The molecule has 1 aliphatic rings. The van der Waals surface area contributed by atoms with Crippen LogP contribution in [0.2, 0.25) is 0 Å². The molecule has 0 fully saturated rings. The van der Waals surface area contributed by atoms with Crippen LogP contribution in [0.25, 0.3) is 0 Å². The highest BCUT2D eigenvalue weighted by Gasteiger charge is 2.19. The molecule has 0 saturated heterocycles. The number of benzene rings is 1. The van der Waals surface area contributed by atoms with Gasteiger partial charge in [0.2, 0.25) is 0 Å². The molecule has 0 spiro atoms. The van der Waals surface area contributed by atoms with Gasteiger partial charge in [-0.1, -0.05) is 37.3 Å². The van der Waals surface area contributed by atoms with Crippen molar-refractivity contribution in [1.29, 1.82) is 0 Å². The van der Waals surface area contributed by atoms with Gasteiger partial charge in [-0.25, -0.2) is 5.01 Å². The van der Waals surface area contributed by atoms with Gasteiger partial charge >= 0.3 is 0 Å². The molecule has 1 N–H and O–H groups in total. The van der Waals surface area contributed by atoms with Crippen molar-refractivity contribution in [3.8, 4) is 0 Å². The zero-order valence-corrected chi connectivity index (χ0v) is 10.1. The minimum Gasteiger partial charge on any atom is -0.284 e. The van der Waals surface area contributed by atoms with E-state index >= 15 is 0 Å². The first-order valence-electron chi connectivity index (χ1n) is 6.10. The van der Waals surface area contributed by atoms with Crippen LogP contribution >= 0.6 is 0 Å². The zero-order chi connectivity index (χ0) is 12.1. The summed E-state index contributed by atoms with van der Waals surface area (Å²) in [4.78, 5) is 12.0. The van der Waals surface area contributed by atoms with Crippen LogP contribution in [0.4, 0.5) is 0 Å². The number of hydrazine groups is 1. The smallest absolute Gasteiger partial charge is 0.265 e. The first-order chi connectivity index (χ1) is 8.31. The number of nitrogens with one attached hydrogen (secondary N) is 1. The summed E-state index contributed by atoms with van der Waals surface area (Å²) in [6, 6.07) is 9.64. The van der Waals surface area contributed by atoms with Crippen molar-refractivity contribution in [3.63, 3.8) is 0 Å². The zero-order valence-electron chi connectivity index (χ0n) is 10.1. The van der Waals surface area contributed by atoms with Crippen LogP contribution in [0.1, 0.15) is 30.1 Å². The lowest BCUT2D eigenvalue weighted by atomic mass is 10.1. The summed E-state index contributed by atoms with van der Waals surface area (Å²) in [6.07, 6.45) is 6.34. The highest BCUT2D eigenvalue weighted by atomic mass is 16.2. The van der Waals surface area contributed by atoms with E-state index in [1.165, 1.54) is 0 Å². The molecule has 0 aromatic heterocycles. The van der Waals surface area contributed by atoms with E-state index in [4.69, 9.17) is 0 Å². The van der Waals surface area contributed by atoms with Gasteiger partial charge in [0.25, 0.3) is 5.91 Å². The Balaban J connectivity index is 2.01. The van der Waals surface area contributed by atoms with Crippen LogP contribution in [0.15, 0.2) is 42.5 Å². The van der Waals surface area contributed by atoms with Gasteiger partial charge in [0.1, 0.15) is 0 Å². The molecule has 1 atom stereocenters. The van der Waals surface area contributed by atoms with Gasteiger partial charge in [-0.15, -0.1) is 0 Å². The van der Waals surface area contributed by atoms with Crippen LogP contribution in [-0.2, 0) is 0 Å². The molecule has 1 amide bonds. The summed E-state index contributed by atoms with van der Waals surface area (Å²) < 4.78 is 0. The van der Waals surface area contributed by atoms with Crippen LogP contribution < -0.4 is 5.43 Å². The van der Waals surface area contributed by atoms with Gasteiger partial charge in [-0.3, -0.25) is 10.2 Å². The highest BCUT2D eigenvalue weighted by molar-refractivity contribution is 5.93. The van der Waals surface area contributed by atoms with Crippen LogP contribution in [0.3, 0.4) is 0 Å². The monoisotopic (exact) mass is 230 g/mol. The van der Waals surface area contributed by atoms with E-state index in [1.54, 1.807) is 0 Å². The third-order valence-electron chi connectivity index (χ3n) is 2.99. The summed E-state index contributed by atoms with van der Waals surface area (Å²) >= 11 is 0. The quantitative estimate of drug-likeness (QED) is 0.808. The molecule has 0 unspecified atom stereocenters. The van der Waals surface area contributed by atoms with Gasteiger partial charge in [-0.05, 0) is 25.0 Å². The molecule has 0 aliphatic carbocycles. The summed E-state index contributed by atoms with van der Waals surface area (Å²) in [5.74, 6) is -0.0284. The molecule has 90 valence electrons. The first kappa shape index (κ1) is 11.9. The topological polar surface area (TPSA) is 32.3 Å². The second-order valence-corrected chi connectivity index (χ2v) is 4.19. The van der Waals surface area contributed by atoms with Crippen molar-refractivity contribution in [2.75, 3.05) is 6.54 Å². The molecule has 1 aromatic rings. The molecule has 3 nitrogen and oxygen atoms in total. The molecular weight excluding hydrogens is 212 g/mol. The van der Waals surface area contributed by atoms with E-state index in [1.807, 2.05) is 35.3 Å². The van der Waals surface area contributed by atoms with Gasteiger partial charge in [0, 0.05) is 18.2 Å². The third-order valence-corrected chi connectivity index (χ3v) is 2.99. The van der Waals surface area contributed by atoms with E-state index in [9.17, 15) is 4.79 Å². The Hall–Kier alpha value is -1.61. The molecular formula is C14H18N2O. The maximum atomic E-state index is 12.0. The molecule has 1 aromatic carbocycles. The first-order valence-corrected chi connectivity index (χ1v) is 6.10. The SMILES string of the molecule is CC[C@@H]1C=CCCN1NC(=O)c1ccccc1. The number of hydrogen-bond donors (Lipinski definition) is 1. The number of carbonyl (C=O) groups excluding carboxylic acids is 1. The van der Waals surface area contributed by atoms with E-state index in [-0.39, 0.29) is 5.91 Å². The maximum absolute atomic E-state index is 12.0. The largest absolute Gasteiger partial charge is 0.284 e. The Kier molecular flexibility index (Phi) is 3.94. The highest BCUT2D eigenvalue weighted by Crippen LogP contribution is 2.11. The summed E-state index contributed by atoms with van der Waals surface area (Å²) in [6.45, 7) is 3.01. The molecule has 1 heterocycles. The third kappa shape index (κ3) is 2.94. The average Bonchev–Trinajstić information content (AvgIpc) is 2.40. The number of rotatable bonds is 3. The van der Waals surface area contributed by atoms with Gasteiger partial charge in [-0.2, -0.15) is 0 Å². The van der Waals surface area contributed by atoms with Crippen molar-refractivity contribution < 1.29 is 4.79 Å². The standard InChI is InChI=1S/C14H18N2O/c1-2-13-10-6-7-11-16(13)15-14(17)12-8-4-3-5-9-12/h3-6,8-10,13H,2,7,11H2,1H3,(H,15,17)/t13-/m1/s1. The Bertz CT molecular complexity index is 400. The number of hydrogen-bond acceptors (Lipinski definition) is 2. The van der Waals surface area contributed by atoms with Crippen LogP contribution in [0.5, 0.6) is 0 Å². The molecule has 0 radical (unpaired) electrons. The number of nitrogens with zero attached hydrogens (tertiary/aromatic N) is 1. The van der Waals surface area contributed by atoms with Crippen LogP contribution in [-0.4, -0.2) is 23.5 Å². The molecule has 0 saturated carbocycles. The van der Waals surface area contributed by atoms with Gasteiger partial charge < -0.3 is 0 Å². The van der Waals surface area contributed by atoms with Crippen molar-refractivity contribution in [2.24, 2.45) is 0 Å². The Morgan fingerprint density at radius 3 is 2.88 bits per heavy atom. The van der Waals surface area contributed by atoms with E-state index < -0.39 is 0 Å². The Morgan fingerprint density at radius 1 is 1.41 bits per heavy atom. The van der Waals surface area contributed by atoms with Crippen molar-refractivity contribution in [2.45, 2.75) is 25.8 Å². The van der Waals surface area contributed by atoms with Gasteiger partial charge in [0.05, 0.1) is 0 Å². The average molecular weight is 230 g/mol. The Morgan fingerprint density at radius 2 is 2.18 bits per heavy atom. The van der Waals surface area contributed by atoms with Crippen molar-refractivity contribution >= 4 is 5.91 Å². The second kappa shape index (κ2) is 5.64. The van der Waals surface area contributed by atoms with E-state index in [0.717, 1.165) is 19.4 Å². The molecule has 2 rings (SSSR count). The van der Waals surface area contributed by atoms with Crippen LogP contribution in [0, 0.1) is 0 Å². The molecule has 0 bridgehead atoms. The number of amides is 1. The fourth-order valence-electron chi connectivity index (χ4n) is 2.02. The summed E-state index contributed by atoms with van der Waals surface area (Å²) in [5.41, 5.74) is 3.68. The summed E-state index contributed by atoms with van der Waals surface area (Å²) in [5, 5.41) is 2.02.